The van der Waals surface area contributed by atoms with Crippen molar-refractivity contribution < 1.29 is 0 Å². The largest absolute Gasteiger partial charge is 0.323 e. The quantitative estimate of drug-likeness (QED) is 0.447. The summed E-state index contributed by atoms with van der Waals surface area (Å²) < 4.78 is 2.02. The Morgan fingerprint density at radius 2 is 2.08 bits per heavy atom. The maximum absolute atomic E-state index is 6.44. The van der Waals surface area contributed by atoms with Crippen molar-refractivity contribution in [1.29, 1.82) is 0 Å². The second kappa shape index (κ2) is 8.29. The van der Waals surface area contributed by atoms with Crippen LogP contribution in [0.3, 0.4) is 0 Å². The van der Waals surface area contributed by atoms with E-state index in [1.807, 2.05) is 23.9 Å². The molecule has 0 unspecified atom stereocenters. The van der Waals surface area contributed by atoms with Crippen LogP contribution < -0.4 is 4.90 Å². The van der Waals surface area contributed by atoms with Crippen LogP contribution in [0.4, 0.5) is 11.5 Å². The lowest BCUT2D eigenvalue weighted by molar-refractivity contribution is 0.723. The van der Waals surface area contributed by atoms with Crippen LogP contribution in [0.25, 0.3) is 0 Å². The fraction of sp³-hybridized carbons (Fsp3) is 0.450. The summed E-state index contributed by atoms with van der Waals surface area (Å²) in [7, 11) is 2.04. The molecule has 1 aromatic heterocycles. The third-order valence-corrected chi connectivity index (χ3v) is 5.26. The van der Waals surface area contributed by atoms with Crippen molar-refractivity contribution in [2.75, 3.05) is 11.4 Å². The molecule has 5 heteroatoms. The van der Waals surface area contributed by atoms with Crippen molar-refractivity contribution in [3.05, 3.63) is 51.7 Å². The molecule has 0 saturated heterocycles. The number of aryl methyl sites for hydroxylation is 1. The second-order valence-corrected chi connectivity index (χ2v) is 7.38. The molecule has 1 aliphatic heterocycles. The fourth-order valence-electron chi connectivity index (χ4n) is 3.40. The Morgan fingerprint density at radius 3 is 2.84 bits per heavy atom. The van der Waals surface area contributed by atoms with Gasteiger partial charge in [0.05, 0.1) is 10.7 Å². The van der Waals surface area contributed by atoms with Gasteiger partial charge in [-0.3, -0.25) is 4.68 Å². The van der Waals surface area contributed by atoms with E-state index in [0.717, 1.165) is 43.7 Å². The van der Waals surface area contributed by atoms with E-state index in [9.17, 15) is 0 Å². The van der Waals surface area contributed by atoms with Gasteiger partial charge >= 0.3 is 0 Å². The minimum atomic E-state index is 0.657. The van der Waals surface area contributed by atoms with Crippen LogP contribution in [0, 0.1) is 0 Å². The number of hydrogen-bond donors (Lipinski definition) is 0. The lowest BCUT2D eigenvalue weighted by atomic mass is 10.0. The molecular weight excluding hydrogens is 353 g/mol. The van der Waals surface area contributed by atoms with Gasteiger partial charge in [0.25, 0.3) is 0 Å². The average Bonchev–Trinajstić information content (AvgIpc) is 2.91. The molecule has 0 radical (unpaired) electrons. The molecule has 1 aliphatic rings. The number of fused-ring (bicyclic) bond motifs is 1. The highest BCUT2D eigenvalue weighted by Crippen LogP contribution is 2.38. The summed E-state index contributed by atoms with van der Waals surface area (Å²) in [5.41, 5.74) is 3.63. The maximum Gasteiger partial charge on any atom is 0.158 e. The number of halogens is 2. The van der Waals surface area contributed by atoms with Crippen molar-refractivity contribution in [3.63, 3.8) is 0 Å². The zero-order chi connectivity index (χ0) is 17.8. The van der Waals surface area contributed by atoms with Crippen LogP contribution in [0.2, 0.25) is 10.0 Å². The lowest BCUT2D eigenvalue weighted by Gasteiger charge is -2.28. The van der Waals surface area contributed by atoms with Gasteiger partial charge < -0.3 is 4.90 Å². The van der Waals surface area contributed by atoms with Crippen LogP contribution in [0.5, 0.6) is 0 Å². The van der Waals surface area contributed by atoms with Gasteiger partial charge in [0.2, 0.25) is 0 Å². The van der Waals surface area contributed by atoms with Gasteiger partial charge in [-0.05, 0) is 37.5 Å². The van der Waals surface area contributed by atoms with E-state index in [1.54, 1.807) is 6.07 Å². The van der Waals surface area contributed by atoms with Crippen LogP contribution in [-0.2, 0) is 19.9 Å². The minimum absolute atomic E-state index is 0.657. The Morgan fingerprint density at radius 1 is 1.24 bits per heavy atom. The van der Waals surface area contributed by atoms with Crippen LogP contribution >= 0.6 is 23.2 Å². The molecule has 0 aliphatic carbocycles. The zero-order valence-electron chi connectivity index (χ0n) is 14.9. The fourth-order valence-corrected chi connectivity index (χ4v) is 3.92. The minimum Gasteiger partial charge on any atom is -0.323 e. The SMILES string of the molecule is CCCCC=CCc1c2c(nn1C)N(c1ccc(Cl)cc1Cl)CCC2. The number of unbranched alkanes of at least 4 members (excludes halogenated alkanes) is 2. The van der Waals surface area contributed by atoms with E-state index < -0.39 is 0 Å². The molecular formula is C20H25Cl2N3. The number of anilines is 2. The third kappa shape index (κ3) is 4.04. The normalized spacial score (nSPS) is 14.3. The smallest absolute Gasteiger partial charge is 0.158 e. The summed E-state index contributed by atoms with van der Waals surface area (Å²) >= 11 is 12.5. The predicted molar refractivity (Wildman–Crippen MR) is 107 cm³/mol. The first-order valence-corrected chi connectivity index (χ1v) is 9.79. The molecule has 25 heavy (non-hydrogen) atoms. The molecule has 0 atom stereocenters. The van der Waals surface area contributed by atoms with Gasteiger partial charge in [0.1, 0.15) is 0 Å². The van der Waals surface area contributed by atoms with Crippen molar-refractivity contribution in [3.8, 4) is 0 Å². The van der Waals surface area contributed by atoms with Gasteiger partial charge in [0, 0.05) is 36.3 Å². The Kier molecular flexibility index (Phi) is 6.08. The van der Waals surface area contributed by atoms with Crippen LogP contribution in [-0.4, -0.2) is 16.3 Å². The Balaban J connectivity index is 1.87. The van der Waals surface area contributed by atoms with Crippen molar-refractivity contribution >= 4 is 34.7 Å². The molecule has 3 nitrogen and oxygen atoms in total. The number of aromatic nitrogens is 2. The van der Waals surface area contributed by atoms with Crippen LogP contribution in [0.15, 0.2) is 30.4 Å². The number of rotatable bonds is 6. The molecule has 2 heterocycles. The topological polar surface area (TPSA) is 21.1 Å². The molecule has 134 valence electrons. The molecule has 0 fully saturated rings. The van der Waals surface area contributed by atoms with Gasteiger partial charge in [0.15, 0.2) is 5.82 Å². The Bertz CT molecular complexity index is 765. The molecule has 0 amide bonds. The van der Waals surface area contributed by atoms with Gasteiger partial charge in [-0.1, -0.05) is 55.1 Å². The highest BCUT2D eigenvalue weighted by molar-refractivity contribution is 6.36. The van der Waals surface area contributed by atoms with Crippen molar-refractivity contribution in [1.82, 2.24) is 9.78 Å². The van der Waals surface area contributed by atoms with E-state index in [1.165, 1.54) is 24.1 Å². The van der Waals surface area contributed by atoms with Gasteiger partial charge in [-0.25, -0.2) is 0 Å². The van der Waals surface area contributed by atoms with Crippen molar-refractivity contribution in [2.45, 2.75) is 45.4 Å². The molecule has 0 N–H and O–H groups in total. The highest BCUT2D eigenvalue weighted by Gasteiger charge is 2.26. The van der Waals surface area contributed by atoms with E-state index in [2.05, 4.69) is 24.0 Å². The Hall–Kier alpha value is -1.45. The van der Waals surface area contributed by atoms with Crippen LogP contribution in [0.1, 0.15) is 43.9 Å². The second-order valence-electron chi connectivity index (χ2n) is 6.54. The first-order valence-electron chi connectivity index (χ1n) is 9.04. The van der Waals surface area contributed by atoms with E-state index >= 15 is 0 Å². The monoisotopic (exact) mass is 377 g/mol. The summed E-state index contributed by atoms with van der Waals surface area (Å²) in [6.45, 7) is 3.15. The summed E-state index contributed by atoms with van der Waals surface area (Å²) in [6.07, 6.45) is 11.3. The highest BCUT2D eigenvalue weighted by atomic mass is 35.5. The number of hydrogen-bond acceptors (Lipinski definition) is 2. The molecule has 0 bridgehead atoms. The van der Waals surface area contributed by atoms with Gasteiger partial charge in [-0.15, -0.1) is 0 Å². The van der Waals surface area contributed by atoms with Crippen molar-refractivity contribution in [2.24, 2.45) is 7.05 Å². The summed E-state index contributed by atoms with van der Waals surface area (Å²) in [4.78, 5) is 2.22. The predicted octanol–water partition coefficient (Wildman–Crippen LogP) is 6.10. The molecule has 0 spiro atoms. The number of nitrogens with zero attached hydrogens (tertiary/aromatic N) is 3. The van der Waals surface area contributed by atoms with E-state index in [0.29, 0.717) is 10.0 Å². The maximum atomic E-state index is 6.44. The number of benzene rings is 1. The Labute approximate surface area is 160 Å². The summed E-state index contributed by atoms with van der Waals surface area (Å²) in [5.74, 6) is 1.04. The van der Waals surface area contributed by atoms with E-state index in [4.69, 9.17) is 28.3 Å². The molecule has 3 rings (SSSR count). The third-order valence-electron chi connectivity index (χ3n) is 4.72. The zero-order valence-corrected chi connectivity index (χ0v) is 16.4. The standard InChI is InChI=1S/C20H25Cl2N3/c1-3-4-5-6-7-10-18-16-9-8-13-25(20(16)23-24(18)2)19-12-11-15(21)14-17(19)22/h6-7,11-12,14H,3-5,8-10,13H2,1-2H3. The van der Waals surface area contributed by atoms with E-state index in [-0.39, 0.29) is 0 Å². The first kappa shape index (κ1) is 18.3. The molecule has 1 aromatic carbocycles. The molecule has 2 aromatic rings. The number of allylic oxidation sites excluding steroid dienone is 2. The summed E-state index contributed by atoms with van der Waals surface area (Å²) in [5, 5.41) is 6.14. The lowest BCUT2D eigenvalue weighted by Crippen LogP contribution is -2.25. The first-order chi connectivity index (χ1) is 12.1. The van der Waals surface area contributed by atoms with Gasteiger partial charge in [-0.2, -0.15) is 5.10 Å². The molecule has 0 saturated carbocycles. The average molecular weight is 378 g/mol. The summed E-state index contributed by atoms with van der Waals surface area (Å²) in [6, 6.07) is 5.67.